The number of nitrogens with zero attached hydrogens (tertiary/aromatic N) is 1. The normalized spacial score (nSPS) is 30.8. The van der Waals surface area contributed by atoms with Gasteiger partial charge < -0.3 is 0 Å². The molecule has 0 aliphatic heterocycles. The number of hydrogen-bond acceptors (Lipinski definition) is 1. The van der Waals surface area contributed by atoms with Gasteiger partial charge in [-0.3, -0.25) is 0 Å². The van der Waals surface area contributed by atoms with Gasteiger partial charge in [-0.05, 0) is 48.3 Å². The molecule has 0 saturated heterocycles. The summed E-state index contributed by atoms with van der Waals surface area (Å²) in [6, 6.07) is 2.06. The molecule has 0 aromatic carbocycles. The van der Waals surface area contributed by atoms with Crippen LogP contribution >= 0.6 is 11.6 Å². The van der Waals surface area contributed by atoms with Gasteiger partial charge in [-0.25, -0.2) is 4.98 Å². The van der Waals surface area contributed by atoms with Crippen LogP contribution in [0.4, 0.5) is 0 Å². The summed E-state index contributed by atoms with van der Waals surface area (Å²) in [7, 11) is 0. The van der Waals surface area contributed by atoms with Crippen molar-refractivity contribution in [3.05, 3.63) is 28.5 Å². The Kier molecular flexibility index (Phi) is 1.28. The van der Waals surface area contributed by atoms with Gasteiger partial charge in [0.25, 0.3) is 0 Å². The average Bonchev–Trinajstić information content (AvgIpc) is 2.63. The van der Waals surface area contributed by atoms with Crippen molar-refractivity contribution in [3.8, 4) is 0 Å². The number of hydrogen-bond donors (Lipinski definition) is 0. The van der Waals surface area contributed by atoms with Crippen LogP contribution in [0.3, 0.4) is 0 Å². The first-order chi connectivity index (χ1) is 5.84. The van der Waals surface area contributed by atoms with Crippen LogP contribution in [0.25, 0.3) is 0 Å². The Hall–Kier alpha value is -0.560. The summed E-state index contributed by atoms with van der Waals surface area (Å²) >= 11 is 5.85. The molecule has 1 heterocycles. The molecule has 2 atom stereocenters. The van der Waals surface area contributed by atoms with Crippen LogP contribution in [0.5, 0.6) is 0 Å². The van der Waals surface area contributed by atoms with Crippen molar-refractivity contribution in [2.24, 2.45) is 0 Å². The zero-order valence-electron chi connectivity index (χ0n) is 6.76. The second-order valence-electron chi connectivity index (χ2n) is 3.84. The van der Waals surface area contributed by atoms with Crippen LogP contribution < -0.4 is 0 Å². The summed E-state index contributed by atoms with van der Waals surface area (Å²) in [4.78, 5) is 4.13. The van der Waals surface area contributed by atoms with Crippen molar-refractivity contribution in [1.29, 1.82) is 0 Å². The third-order valence-corrected chi connectivity index (χ3v) is 3.45. The lowest BCUT2D eigenvalue weighted by atomic mass is 9.94. The molecule has 2 bridgehead atoms. The Morgan fingerprint density at radius 2 is 2.00 bits per heavy atom. The summed E-state index contributed by atoms with van der Waals surface area (Å²) < 4.78 is 0. The SMILES string of the molecule is Clc1cc2c(cn1)[C@H]1CC[C@H]2C1. The fourth-order valence-electron chi connectivity index (χ4n) is 2.70. The van der Waals surface area contributed by atoms with Crippen molar-refractivity contribution >= 4 is 11.6 Å². The molecule has 62 valence electrons. The second-order valence-corrected chi connectivity index (χ2v) is 4.23. The van der Waals surface area contributed by atoms with E-state index in [9.17, 15) is 0 Å². The zero-order valence-corrected chi connectivity index (χ0v) is 7.51. The van der Waals surface area contributed by atoms with E-state index in [1.165, 1.54) is 30.4 Å². The Morgan fingerprint density at radius 1 is 1.25 bits per heavy atom. The highest BCUT2D eigenvalue weighted by Gasteiger charge is 2.36. The monoisotopic (exact) mass is 179 g/mol. The molecule has 1 nitrogen and oxygen atoms in total. The van der Waals surface area contributed by atoms with Gasteiger partial charge >= 0.3 is 0 Å². The number of fused-ring (bicyclic) bond motifs is 5. The number of rotatable bonds is 0. The molecule has 1 aromatic rings. The lowest BCUT2D eigenvalue weighted by Gasteiger charge is -2.13. The summed E-state index contributed by atoms with van der Waals surface area (Å²) in [6.07, 6.45) is 6.04. The summed E-state index contributed by atoms with van der Waals surface area (Å²) in [5.74, 6) is 1.60. The summed E-state index contributed by atoms with van der Waals surface area (Å²) in [5.41, 5.74) is 2.95. The molecule has 1 aromatic heterocycles. The molecule has 2 aliphatic carbocycles. The summed E-state index contributed by atoms with van der Waals surface area (Å²) in [6.45, 7) is 0. The van der Waals surface area contributed by atoms with Gasteiger partial charge in [0.05, 0.1) is 0 Å². The minimum Gasteiger partial charge on any atom is -0.244 e. The maximum absolute atomic E-state index is 5.85. The second kappa shape index (κ2) is 2.23. The smallest absolute Gasteiger partial charge is 0.129 e. The molecule has 0 spiro atoms. The van der Waals surface area contributed by atoms with Crippen molar-refractivity contribution in [2.75, 3.05) is 0 Å². The molecule has 2 aliphatic rings. The fourth-order valence-corrected chi connectivity index (χ4v) is 2.86. The molecular weight excluding hydrogens is 170 g/mol. The molecule has 2 heteroatoms. The lowest BCUT2D eigenvalue weighted by molar-refractivity contribution is 0.713. The molecular formula is C10H10ClN. The first-order valence-corrected chi connectivity index (χ1v) is 4.88. The van der Waals surface area contributed by atoms with Gasteiger partial charge in [0.1, 0.15) is 5.15 Å². The zero-order chi connectivity index (χ0) is 8.13. The quantitative estimate of drug-likeness (QED) is 0.558. The topological polar surface area (TPSA) is 12.9 Å². The van der Waals surface area contributed by atoms with Crippen LogP contribution in [-0.2, 0) is 0 Å². The minimum absolute atomic E-state index is 0.654. The molecule has 0 unspecified atom stereocenters. The first-order valence-electron chi connectivity index (χ1n) is 4.50. The number of pyridine rings is 1. The predicted molar refractivity (Wildman–Crippen MR) is 48.6 cm³/mol. The van der Waals surface area contributed by atoms with E-state index in [-0.39, 0.29) is 0 Å². The predicted octanol–water partition coefficient (Wildman–Crippen LogP) is 3.10. The lowest BCUT2D eigenvalue weighted by Crippen LogP contribution is -1.98. The Balaban J connectivity index is 2.20. The van der Waals surface area contributed by atoms with Gasteiger partial charge in [-0.2, -0.15) is 0 Å². The Bertz CT molecular complexity index is 335. The van der Waals surface area contributed by atoms with Crippen molar-refractivity contribution < 1.29 is 0 Å². The van der Waals surface area contributed by atoms with E-state index in [2.05, 4.69) is 11.1 Å². The highest BCUT2D eigenvalue weighted by molar-refractivity contribution is 6.29. The van der Waals surface area contributed by atoms with E-state index in [1.807, 2.05) is 6.20 Å². The highest BCUT2D eigenvalue weighted by atomic mass is 35.5. The highest BCUT2D eigenvalue weighted by Crippen LogP contribution is 2.52. The van der Waals surface area contributed by atoms with E-state index >= 15 is 0 Å². The van der Waals surface area contributed by atoms with Crippen LogP contribution in [-0.4, -0.2) is 4.98 Å². The van der Waals surface area contributed by atoms with Gasteiger partial charge in [-0.1, -0.05) is 11.6 Å². The summed E-state index contributed by atoms with van der Waals surface area (Å²) in [5, 5.41) is 0.654. The number of halogens is 1. The maximum Gasteiger partial charge on any atom is 0.129 e. The van der Waals surface area contributed by atoms with Crippen LogP contribution in [0.1, 0.15) is 42.2 Å². The van der Waals surface area contributed by atoms with Gasteiger partial charge in [0, 0.05) is 6.20 Å². The molecule has 1 saturated carbocycles. The molecule has 1 fully saturated rings. The molecule has 0 N–H and O–H groups in total. The van der Waals surface area contributed by atoms with Crippen LogP contribution in [0, 0.1) is 0 Å². The largest absolute Gasteiger partial charge is 0.244 e. The number of aromatic nitrogens is 1. The van der Waals surface area contributed by atoms with Gasteiger partial charge in [0.2, 0.25) is 0 Å². The fraction of sp³-hybridized carbons (Fsp3) is 0.500. The Labute approximate surface area is 76.8 Å². The van der Waals surface area contributed by atoms with E-state index in [4.69, 9.17) is 11.6 Å². The van der Waals surface area contributed by atoms with E-state index in [1.54, 1.807) is 0 Å². The van der Waals surface area contributed by atoms with E-state index < -0.39 is 0 Å². The van der Waals surface area contributed by atoms with Crippen molar-refractivity contribution in [1.82, 2.24) is 4.98 Å². The van der Waals surface area contributed by atoms with Crippen LogP contribution in [0.2, 0.25) is 5.15 Å². The van der Waals surface area contributed by atoms with Crippen LogP contribution in [0.15, 0.2) is 12.3 Å². The first kappa shape index (κ1) is 6.90. The molecule has 0 amide bonds. The molecule has 3 rings (SSSR count). The third kappa shape index (κ3) is 0.776. The molecule has 0 radical (unpaired) electrons. The van der Waals surface area contributed by atoms with Crippen molar-refractivity contribution in [2.45, 2.75) is 31.1 Å². The Morgan fingerprint density at radius 3 is 2.83 bits per heavy atom. The van der Waals surface area contributed by atoms with E-state index in [0.29, 0.717) is 5.15 Å². The van der Waals surface area contributed by atoms with Gasteiger partial charge in [-0.15, -0.1) is 0 Å². The van der Waals surface area contributed by atoms with Gasteiger partial charge in [0.15, 0.2) is 0 Å². The maximum atomic E-state index is 5.85. The standard InChI is InChI=1S/C10H10ClN/c11-10-4-8-6-1-2-7(3-6)9(8)5-12-10/h4-7H,1-3H2/t6-,7-/m0/s1. The minimum atomic E-state index is 0.654. The molecule has 12 heavy (non-hydrogen) atoms. The van der Waals surface area contributed by atoms with E-state index in [0.717, 1.165) is 11.8 Å². The third-order valence-electron chi connectivity index (χ3n) is 3.25. The average molecular weight is 180 g/mol. The van der Waals surface area contributed by atoms with Crippen molar-refractivity contribution in [3.63, 3.8) is 0 Å².